The van der Waals surface area contributed by atoms with Crippen LogP contribution in [0.1, 0.15) is 20.7 Å². The Morgan fingerprint density at radius 1 is 0.475 bits per heavy atom. The number of ether oxygens (including phenoxy) is 2. The van der Waals surface area contributed by atoms with Crippen LogP contribution < -0.4 is 10.6 Å². The second kappa shape index (κ2) is 12.0. The average Bonchev–Trinajstić information content (AvgIpc) is 3.02. The van der Waals surface area contributed by atoms with Gasteiger partial charge < -0.3 is 20.1 Å². The van der Waals surface area contributed by atoms with Gasteiger partial charge in [0.2, 0.25) is 0 Å². The van der Waals surface area contributed by atoms with Gasteiger partial charge in [0.05, 0.1) is 36.7 Å². The number of benzene rings is 5. The van der Waals surface area contributed by atoms with Crippen molar-refractivity contribution in [3.63, 3.8) is 0 Å². The molecule has 2 N–H and O–H groups in total. The Hall–Kier alpha value is -5.36. The van der Waals surface area contributed by atoms with Crippen molar-refractivity contribution in [1.29, 1.82) is 0 Å². The summed E-state index contributed by atoms with van der Waals surface area (Å²) in [4.78, 5) is 25.8. The smallest absolute Gasteiger partial charge is 0.340 e. The average molecular weight is 529 g/mol. The summed E-state index contributed by atoms with van der Waals surface area (Å²) in [6.07, 6.45) is 0. The SMILES string of the molecule is COC(=O)c1cc(Nc2cccc(-c3ccccc3)c2)c(C(=O)OC)cc1Nc1cccc(-c2ccccc2)c1. The van der Waals surface area contributed by atoms with Gasteiger partial charge >= 0.3 is 11.9 Å². The van der Waals surface area contributed by atoms with E-state index in [1.165, 1.54) is 14.2 Å². The molecule has 6 nitrogen and oxygen atoms in total. The summed E-state index contributed by atoms with van der Waals surface area (Å²) in [5, 5.41) is 6.61. The number of methoxy groups -OCH3 is 2. The molecule has 5 rings (SSSR count). The molecule has 0 fully saturated rings. The first-order valence-electron chi connectivity index (χ1n) is 12.8. The zero-order chi connectivity index (χ0) is 27.9. The molecule has 0 bridgehead atoms. The summed E-state index contributed by atoms with van der Waals surface area (Å²) >= 11 is 0. The highest BCUT2D eigenvalue weighted by atomic mass is 16.5. The van der Waals surface area contributed by atoms with Gasteiger partial charge in [-0.3, -0.25) is 0 Å². The van der Waals surface area contributed by atoms with Crippen LogP contribution in [0.5, 0.6) is 0 Å². The van der Waals surface area contributed by atoms with E-state index < -0.39 is 11.9 Å². The molecule has 0 atom stereocenters. The maximum Gasteiger partial charge on any atom is 0.340 e. The molecule has 0 heterocycles. The number of carbonyl (C=O) groups excluding carboxylic acids is 2. The lowest BCUT2D eigenvalue weighted by atomic mass is 10.0. The first kappa shape index (κ1) is 26.3. The highest BCUT2D eigenvalue weighted by molar-refractivity contribution is 6.04. The van der Waals surface area contributed by atoms with Crippen LogP contribution in [-0.4, -0.2) is 26.2 Å². The van der Waals surface area contributed by atoms with Crippen molar-refractivity contribution >= 4 is 34.7 Å². The Balaban J connectivity index is 1.54. The second-order valence-corrected chi connectivity index (χ2v) is 9.07. The number of anilines is 4. The molecule has 0 unspecified atom stereocenters. The van der Waals surface area contributed by atoms with Crippen LogP contribution in [-0.2, 0) is 9.47 Å². The van der Waals surface area contributed by atoms with Gasteiger partial charge in [-0.25, -0.2) is 9.59 Å². The first-order chi connectivity index (χ1) is 19.6. The third-order valence-electron chi connectivity index (χ3n) is 6.47. The number of rotatable bonds is 8. The summed E-state index contributed by atoms with van der Waals surface area (Å²) in [7, 11) is 2.65. The molecule has 0 saturated heterocycles. The zero-order valence-electron chi connectivity index (χ0n) is 22.2. The minimum absolute atomic E-state index is 0.266. The second-order valence-electron chi connectivity index (χ2n) is 9.07. The molecule has 6 heteroatoms. The van der Waals surface area contributed by atoms with E-state index in [9.17, 15) is 9.59 Å². The quantitative estimate of drug-likeness (QED) is 0.198. The largest absolute Gasteiger partial charge is 0.465 e. The van der Waals surface area contributed by atoms with Crippen LogP contribution in [0.2, 0.25) is 0 Å². The van der Waals surface area contributed by atoms with Crippen molar-refractivity contribution < 1.29 is 19.1 Å². The molecular weight excluding hydrogens is 500 g/mol. The van der Waals surface area contributed by atoms with E-state index in [1.54, 1.807) is 12.1 Å². The van der Waals surface area contributed by atoms with Crippen molar-refractivity contribution in [3.05, 3.63) is 132 Å². The van der Waals surface area contributed by atoms with Crippen molar-refractivity contribution in [2.75, 3.05) is 24.9 Å². The standard InChI is InChI=1S/C34H28N2O4/c1-39-33(37)29-21-32(36-28-18-10-16-26(20-28)24-13-7-4-8-14-24)30(34(38)40-2)22-31(29)35-27-17-9-15-25(19-27)23-11-5-3-6-12-23/h3-22,35-36H,1-2H3. The zero-order valence-corrected chi connectivity index (χ0v) is 22.2. The van der Waals surface area contributed by atoms with Gasteiger partial charge in [0.15, 0.2) is 0 Å². The van der Waals surface area contributed by atoms with Crippen LogP contribution in [0.4, 0.5) is 22.7 Å². The van der Waals surface area contributed by atoms with Crippen LogP contribution in [0.15, 0.2) is 121 Å². The minimum atomic E-state index is -0.542. The minimum Gasteiger partial charge on any atom is -0.465 e. The summed E-state index contributed by atoms with van der Waals surface area (Å²) in [6, 6.07) is 38.8. The van der Waals surface area contributed by atoms with E-state index in [2.05, 4.69) is 10.6 Å². The predicted molar refractivity (Wildman–Crippen MR) is 159 cm³/mol. The lowest BCUT2D eigenvalue weighted by Crippen LogP contribution is -2.12. The van der Waals surface area contributed by atoms with E-state index in [0.29, 0.717) is 11.4 Å². The number of hydrogen-bond acceptors (Lipinski definition) is 6. The molecule has 0 amide bonds. The maximum atomic E-state index is 12.9. The normalized spacial score (nSPS) is 10.4. The Bertz CT molecular complexity index is 1530. The lowest BCUT2D eigenvalue weighted by molar-refractivity contribution is 0.0588. The van der Waals surface area contributed by atoms with Gasteiger partial charge in [-0.05, 0) is 58.7 Å². The molecule has 5 aromatic rings. The van der Waals surface area contributed by atoms with E-state index in [4.69, 9.17) is 9.47 Å². The van der Waals surface area contributed by atoms with Gasteiger partial charge in [0, 0.05) is 11.4 Å². The Morgan fingerprint density at radius 2 is 0.850 bits per heavy atom. The van der Waals surface area contributed by atoms with Gasteiger partial charge in [0.1, 0.15) is 0 Å². The molecule has 0 radical (unpaired) electrons. The molecule has 5 aromatic carbocycles. The molecule has 40 heavy (non-hydrogen) atoms. The number of carbonyl (C=O) groups is 2. The van der Waals surface area contributed by atoms with E-state index in [0.717, 1.165) is 33.6 Å². The molecule has 0 spiro atoms. The lowest BCUT2D eigenvalue weighted by Gasteiger charge is -2.18. The monoisotopic (exact) mass is 528 g/mol. The van der Waals surface area contributed by atoms with Gasteiger partial charge in [0.25, 0.3) is 0 Å². The fourth-order valence-corrected chi connectivity index (χ4v) is 4.49. The summed E-state index contributed by atoms with van der Waals surface area (Å²) in [5.74, 6) is -1.08. The van der Waals surface area contributed by atoms with Crippen LogP contribution >= 0.6 is 0 Å². The van der Waals surface area contributed by atoms with Crippen molar-refractivity contribution in [1.82, 2.24) is 0 Å². The molecule has 0 saturated carbocycles. The van der Waals surface area contributed by atoms with E-state index in [-0.39, 0.29) is 11.1 Å². The molecule has 0 aliphatic rings. The van der Waals surface area contributed by atoms with Gasteiger partial charge in [-0.2, -0.15) is 0 Å². The molecule has 0 aliphatic heterocycles. The maximum absolute atomic E-state index is 12.9. The molecule has 0 aromatic heterocycles. The Morgan fingerprint density at radius 3 is 1.23 bits per heavy atom. The van der Waals surface area contributed by atoms with Crippen LogP contribution in [0.3, 0.4) is 0 Å². The van der Waals surface area contributed by atoms with Gasteiger partial charge in [-0.15, -0.1) is 0 Å². The van der Waals surface area contributed by atoms with Crippen molar-refractivity contribution in [2.45, 2.75) is 0 Å². The fourth-order valence-electron chi connectivity index (χ4n) is 4.49. The highest BCUT2D eigenvalue weighted by Crippen LogP contribution is 2.33. The van der Waals surface area contributed by atoms with E-state index >= 15 is 0 Å². The summed E-state index contributed by atoms with van der Waals surface area (Å²) in [6.45, 7) is 0. The summed E-state index contributed by atoms with van der Waals surface area (Å²) in [5.41, 5.74) is 7.01. The fraction of sp³-hybridized carbons (Fsp3) is 0.0588. The number of esters is 2. The molecule has 0 aliphatic carbocycles. The van der Waals surface area contributed by atoms with Crippen LogP contribution in [0, 0.1) is 0 Å². The van der Waals surface area contributed by atoms with Crippen molar-refractivity contribution in [2.24, 2.45) is 0 Å². The number of nitrogens with one attached hydrogen (secondary N) is 2. The van der Waals surface area contributed by atoms with Crippen molar-refractivity contribution in [3.8, 4) is 22.3 Å². The molecular formula is C34H28N2O4. The molecule has 198 valence electrons. The third-order valence-corrected chi connectivity index (χ3v) is 6.47. The highest BCUT2D eigenvalue weighted by Gasteiger charge is 2.21. The number of hydrogen-bond donors (Lipinski definition) is 2. The third kappa shape index (κ3) is 5.87. The Labute approximate surface area is 233 Å². The Kier molecular flexibility index (Phi) is 7.88. The predicted octanol–water partition coefficient (Wildman–Crippen LogP) is 8.08. The first-order valence-corrected chi connectivity index (χ1v) is 12.8. The van der Waals surface area contributed by atoms with Crippen LogP contribution in [0.25, 0.3) is 22.3 Å². The topological polar surface area (TPSA) is 76.7 Å². The van der Waals surface area contributed by atoms with Gasteiger partial charge in [-0.1, -0.05) is 84.9 Å². The van der Waals surface area contributed by atoms with E-state index in [1.807, 2.05) is 109 Å². The summed E-state index contributed by atoms with van der Waals surface area (Å²) < 4.78 is 10.2.